The summed E-state index contributed by atoms with van der Waals surface area (Å²) >= 11 is 3.22. The number of thioether (sulfide) groups is 1. The smallest absolute Gasteiger partial charge is 0.236 e. The Balaban J connectivity index is 1.45. The molecule has 1 saturated heterocycles. The van der Waals surface area contributed by atoms with E-state index in [-0.39, 0.29) is 0 Å². The lowest BCUT2D eigenvalue weighted by Gasteiger charge is -2.28. The number of nitrogens with zero attached hydrogens (tertiary/aromatic N) is 5. The van der Waals surface area contributed by atoms with Crippen molar-refractivity contribution in [2.75, 3.05) is 25.1 Å². The van der Waals surface area contributed by atoms with Gasteiger partial charge in [0.25, 0.3) is 0 Å². The van der Waals surface area contributed by atoms with Crippen LogP contribution in [-0.4, -0.2) is 39.9 Å². The Morgan fingerprint density at radius 2 is 1.97 bits per heavy atom. The predicted octanol–water partition coefficient (Wildman–Crippen LogP) is 5.28. The molecule has 0 unspecified atom stereocenters. The Morgan fingerprint density at radius 3 is 2.77 bits per heavy atom. The maximum atomic E-state index is 5.66. The lowest BCUT2D eigenvalue weighted by molar-refractivity contribution is 0.412. The number of ether oxygens (including phenoxy) is 1. The molecule has 1 fully saturated rings. The van der Waals surface area contributed by atoms with Gasteiger partial charge in [-0.25, -0.2) is 4.98 Å². The molecule has 0 aliphatic carbocycles. The molecule has 0 amide bonds. The van der Waals surface area contributed by atoms with Crippen molar-refractivity contribution >= 4 is 29.0 Å². The van der Waals surface area contributed by atoms with Gasteiger partial charge in [0, 0.05) is 18.8 Å². The molecule has 0 spiro atoms. The number of benzene rings is 1. The minimum atomic E-state index is 0.641. The van der Waals surface area contributed by atoms with Gasteiger partial charge in [-0.2, -0.15) is 0 Å². The van der Waals surface area contributed by atoms with Crippen LogP contribution in [0.15, 0.2) is 57.6 Å². The Labute approximate surface area is 189 Å². The van der Waals surface area contributed by atoms with E-state index in [9.17, 15) is 0 Å². The second-order valence-corrected chi connectivity index (χ2v) is 9.14. The molecule has 4 heterocycles. The van der Waals surface area contributed by atoms with Crippen LogP contribution < -0.4 is 9.64 Å². The fourth-order valence-electron chi connectivity index (χ4n) is 3.70. The minimum Gasteiger partial charge on any atom is -0.495 e. The number of para-hydroxylation sites is 2. The first-order valence-corrected chi connectivity index (χ1v) is 12.1. The normalized spacial score (nSPS) is 14.2. The van der Waals surface area contributed by atoms with Gasteiger partial charge >= 0.3 is 0 Å². The first kappa shape index (κ1) is 20.1. The quantitative estimate of drug-likeness (QED) is 0.353. The van der Waals surface area contributed by atoms with E-state index in [0.29, 0.717) is 11.6 Å². The maximum Gasteiger partial charge on any atom is 0.236 e. The summed E-state index contributed by atoms with van der Waals surface area (Å²) in [5.41, 5.74) is 1.82. The van der Waals surface area contributed by atoms with Gasteiger partial charge in [0.1, 0.15) is 12.0 Å². The number of aromatic nitrogens is 4. The highest BCUT2D eigenvalue weighted by molar-refractivity contribution is 7.98. The van der Waals surface area contributed by atoms with E-state index in [1.807, 2.05) is 41.8 Å². The van der Waals surface area contributed by atoms with Gasteiger partial charge < -0.3 is 14.1 Å². The van der Waals surface area contributed by atoms with Crippen LogP contribution >= 0.6 is 23.1 Å². The Morgan fingerprint density at radius 1 is 1.10 bits per heavy atom. The summed E-state index contributed by atoms with van der Waals surface area (Å²) in [4.78, 5) is 7.98. The molecule has 1 aliphatic heterocycles. The van der Waals surface area contributed by atoms with Crippen molar-refractivity contribution in [3.05, 3.63) is 53.7 Å². The number of hydrogen-bond donors (Lipinski definition) is 0. The number of thiophene rings is 1. The highest BCUT2D eigenvalue weighted by Gasteiger charge is 2.23. The summed E-state index contributed by atoms with van der Waals surface area (Å²) in [7, 11) is 1.69. The van der Waals surface area contributed by atoms with Crippen LogP contribution in [-0.2, 0) is 5.75 Å². The van der Waals surface area contributed by atoms with Gasteiger partial charge in [-0.15, -0.1) is 21.5 Å². The first-order valence-electron chi connectivity index (χ1n) is 10.3. The largest absolute Gasteiger partial charge is 0.495 e. The van der Waals surface area contributed by atoms with E-state index >= 15 is 0 Å². The molecule has 0 bridgehead atoms. The Bertz CT molecular complexity index is 1130. The van der Waals surface area contributed by atoms with Crippen molar-refractivity contribution in [1.29, 1.82) is 0 Å². The first-order chi connectivity index (χ1) is 15.3. The van der Waals surface area contributed by atoms with Crippen molar-refractivity contribution in [2.45, 2.75) is 30.2 Å². The van der Waals surface area contributed by atoms with E-state index in [1.165, 1.54) is 19.3 Å². The van der Waals surface area contributed by atoms with Crippen molar-refractivity contribution in [2.24, 2.45) is 0 Å². The van der Waals surface area contributed by atoms with Crippen LogP contribution in [0.2, 0.25) is 0 Å². The van der Waals surface area contributed by atoms with Crippen molar-refractivity contribution in [1.82, 2.24) is 19.7 Å². The fourth-order valence-corrected chi connectivity index (χ4v) is 5.18. The predicted molar refractivity (Wildman–Crippen MR) is 123 cm³/mol. The van der Waals surface area contributed by atoms with Crippen molar-refractivity contribution < 1.29 is 9.15 Å². The molecule has 1 aromatic carbocycles. The van der Waals surface area contributed by atoms with Gasteiger partial charge in [-0.1, -0.05) is 30.0 Å². The van der Waals surface area contributed by atoms with Crippen LogP contribution in [0.4, 0.5) is 5.95 Å². The average Bonchev–Trinajstić information content (AvgIpc) is 3.58. The van der Waals surface area contributed by atoms with E-state index in [1.54, 1.807) is 36.5 Å². The molecular formula is C22H23N5O2S2. The van der Waals surface area contributed by atoms with Gasteiger partial charge in [0.15, 0.2) is 5.16 Å². The topological polar surface area (TPSA) is 69.2 Å². The third kappa shape index (κ3) is 4.20. The molecule has 0 radical (unpaired) electrons. The molecule has 1 aliphatic rings. The third-order valence-electron chi connectivity index (χ3n) is 5.21. The Hall–Kier alpha value is -2.78. The van der Waals surface area contributed by atoms with Gasteiger partial charge in [0.2, 0.25) is 11.8 Å². The van der Waals surface area contributed by atoms with Crippen LogP contribution in [0.3, 0.4) is 0 Å². The molecule has 0 atom stereocenters. The number of rotatable bonds is 7. The zero-order valence-electron chi connectivity index (χ0n) is 17.2. The molecule has 5 rings (SSSR count). The lowest BCUT2D eigenvalue weighted by Crippen LogP contribution is -2.31. The molecule has 4 aromatic rings. The SMILES string of the molecule is COc1ccccc1-n1c(SCc2coc(-c3cccs3)n2)nnc1N1CCCCC1. The van der Waals surface area contributed by atoms with Gasteiger partial charge in [-0.3, -0.25) is 4.57 Å². The molecule has 31 heavy (non-hydrogen) atoms. The van der Waals surface area contributed by atoms with Crippen LogP contribution in [0, 0.1) is 0 Å². The Kier molecular flexibility index (Phi) is 5.95. The maximum absolute atomic E-state index is 5.66. The van der Waals surface area contributed by atoms with Gasteiger partial charge in [-0.05, 0) is 42.8 Å². The highest BCUT2D eigenvalue weighted by atomic mass is 32.2. The van der Waals surface area contributed by atoms with Gasteiger partial charge in [0.05, 0.1) is 23.4 Å². The van der Waals surface area contributed by atoms with E-state index in [0.717, 1.165) is 46.2 Å². The summed E-state index contributed by atoms with van der Waals surface area (Å²) in [6.45, 7) is 1.98. The van der Waals surface area contributed by atoms with E-state index in [4.69, 9.17) is 9.15 Å². The van der Waals surface area contributed by atoms with E-state index in [2.05, 4.69) is 24.6 Å². The molecule has 0 saturated carbocycles. The summed E-state index contributed by atoms with van der Waals surface area (Å²) in [5.74, 6) is 2.96. The number of anilines is 1. The standard InChI is InChI=1S/C22H23N5O2S2/c1-28-18-9-4-3-8-17(18)27-21(26-11-5-2-6-12-26)24-25-22(27)31-15-16-14-29-20(23-16)19-10-7-13-30-19/h3-4,7-10,13-14H,2,5-6,11-12,15H2,1H3. The van der Waals surface area contributed by atoms with Crippen molar-refractivity contribution in [3.63, 3.8) is 0 Å². The summed E-state index contributed by atoms with van der Waals surface area (Å²) < 4.78 is 13.4. The number of oxazole rings is 1. The highest BCUT2D eigenvalue weighted by Crippen LogP contribution is 2.34. The second-order valence-electron chi connectivity index (χ2n) is 7.25. The number of methoxy groups -OCH3 is 1. The fraction of sp³-hybridized carbons (Fsp3) is 0.318. The molecule has 7 nitrogen and oxygen atoms in total. The van der Waals surface area contributed by atoms with E-state index < -0.39 is 0 Å². The third-order valence-corrected chi connectivity index (χ3v) is 7.03. The number of hydrogen-bond acceptors (Lipinski definition) is 8. The summed E-state index contributed by atoms with van der Waals surface area (Å²) in [6.07, 6.45) is 5.33. The molecule has 0 N–H and O–H groups in total. The lowest BCUT2D eigenvalue weighted by atomic mass is 10.1. The van der Waals surface area contributed by atoms with Crippen LogP contribution in [0.5, 0.6) is 5.75 Å². The second kappa shape index (κ2) is 9.15. The molecule has 9 heteroatoms. The molecular weight excluding hydrogens is 430 g/mol. The zero-order chi connectivity index (χ0) is 21.0. The average molecular weight is 454 g/mol. The minimum absolute atomic E-state index is 0.641. The van der Waals surface area contributed by atoms with Crippen molar-refractivity contribution in [3.8, 4) is 22.2 Å². The van der Waals surface area contributed by atoms with Crippen LogP contribution in [0.25, 0.3) is 16.5 Å². The summed E-state index contributed by atoms with van der Waals surface area (Å²) in [6, 6.07) is 12.0. The number of piperidine rings is 1. The van der Waals surface area contributed by atoms with Crippen LogP contribution in [0.1, 0.15) is 25.0 Å². The summed E-state index contributed by atoms with van der Waals surface area (Å²) in [5, 5.41) is 11.9. The zero-order valence-corrected chi connectivity index (χ0v) is 18.9. The molecule has 160 valence electrons. The monoisotopic (exact) mass is 453 g/mol. The molecule has 3 aromatic heterocycles.